The van der Waals surface area contributed by atoms with Crippen molar-refractivity contribution < 1.29 is 4.79 Å². The van der Waals surface area contributed by atoms with Crippen molar-refractivity contribution in [1.29, 1.82) is 0 Å². The second-order valence-electron chi connectivity index (χ2n) is 3.49. The predicted octanol–water partition coefficient (Wildman–Crippen LogP) is 3.66. The zero-order chi connectivity index (χ0) is 10.1. The van der Waals surface area contributed by atoms with Crippen molar-refractivity contribution in [2.45, 2.75) is 46.5 Å². The number of hydrogen-bond donors (Lipinski definition) is 0. The quantitative estimate of drug-likeness (QED) is 0.346. The topological polar surface area (TPSA) is 17.1 Å². The van der Waals surface area contributed by atoms with E-state index in [2.05, 4.69) is 19.9 Å². The molecule has 1 nitrogen and oxygen atoms in total. The first-order valence-electron chi connectivity index (χ1n) is 4.97. The van der Waals surface area contributed by atoms with E-state index < -0.39 is 0 Å². The first-order chi connectivity index (χ1) is 6.20. The second kappa shape index (κ2) is 7.78. The standard InChI is InChI=1S/C12H20O/c1-4-6-11(2)7-5-8-12(3)9-10-13/h7,9-10H,4-6,8H2,1-3H3/b11-7-,12-9+. The normalized spacial score (nSPS) is 13.2. The molecule has 0 aromatic heterocycles. The van der Waals surface area contributed by atoms with Crippen molar-refractivity contribution in [3.63, 3.8) is 0 Å². The maximum absolute atomic E-state index is 10.1. The minimum Gasteiger partial charge on any atom is -0.299 e. The molecule has 0 atom stereocenters. The van der Waals surface area contributed by atoms with Gasteiger partial charge in [-0.15, -0.1) is 0 Å². The van der Waals surface area contributed by atoms with E-state index >= 15 is 0 Å². The number of aldehydes is 1. The van der Waals surface area contributed by atoms with Gasteiger partial charge in [-0.05, 0) is 39.2 Å². The Hall–Kier alpha value is -0.850. The largest absolute Gasteiger partial charge is 0.299 e. The van der Waals surface area contributed by atoms with Gasteiger partial charge in [0.1, 0.15) is 6.29 Å². The van der Waals surface area contributed by atoms with Crippen molar-refractivity contribution in [2.75, 3.05) is 0 Å². The van der Waals surface area contributed by atoms with E-state index in [1.165, 1.54) is 18.4 Å². The Labute approximate surface area is 81.5 Å². The zero-order valence-corrected chi connectivity index (χ0v) is 8.97. The SMILES string of the molecule is CCC/C(C)=C\CC/C(C)=C/C=O. The molecule has 0 unspecified atom stereocenters. The van der Waals surface area contributed by atoms with E-state index in [0.29, 0.717) is 0 Å². The van der Waals surface area contributed by atoms with E-state index in [1.54, 1.807) is 6.08 Å². The first kappa shape index (κ1) is 12.2. The predicted molar refractivity (Wildman–Crippen MR) is 57.7 cm³/mol. The van der Waals surface area contributed by atoms with Crippen LogP contribution in [0.4, 0.5) is 0 Å². The molecule has 0 heterocycles. The van der Waals surface area contributed by atoms with Gasteiger partial charge in [0.2, 0.25) is 0 Å². The van der Waals surface area contributed by atoms with E-state index in [-0.39, 0.29) is 0 Å². The van der Waals surface area contributed by atoms with Gasteiger partial charge in [-0.25, -0.2) is 0 Å². The number of rotatable bonds is 6. The summed E-state index contributed by atoms with van der Waals surface area (Å²) in [7, 11) is 0. The molecule has 0 rings (SSSR count). The van der Waals surface area contributed by atoms with Crippen LogP contribution >= 0.6 is 0 Å². The molecule has 13 heavy (non-hydrogen) atoms. The lowest BCUT2D eigenvalue weighted by molar-refractivity contribution is -0.104. The van der Waals surface area contributed by atoms with Gasteiger partial charge in [0, 0.05) is 0 Å². The van der Waals surface area contributed by atoms with Crippen molar-refractivity contribution in [3.05, 3.63) is 23.3 Å². The van der Waals surface area contributed by atoms with Crippen LogP contribution in [0, 0.1) is 0 Å². The lowest BCUT2D eigenvalue weighted by Gasteiger charge is -1.98. The van der Waals surface area contributed by atoms with Gasteiger partial charge in [0.25, 0.3) is 0 Å². The molecule has 0 bridgehead atoms. The molecule has 0 N–H and O–H groups in total. The number of carbonyl (C=O) groups is 1. The molecule has 0 aromatic rings. The minimum atomic E-state index is 0.859. The van der Waals surface area contributed by atoms with E-state index in [1.807, 2.05) is 6.92 Å². The summed E-state index contributed by atoms with van der Waals surface area (Å²) in [5, 5.41) is 0. The molecular weight excluding hydrogens is 160 g/mol. The van der Waals surface area contributed by atoms with Crippen LogP contribution in [0.15, 0.2) is 23.3 Å². The fourth-order valence-electron chi connectivity index (χ4n) is 1.24. The van der Waals surface area contributed by atoms with E-state index in [9.17, 15) is 4.79 Å². The monoisotopic (exact) mass is 180 g/mol. The highest BCUT2D eigenvalue weighted by Gasteiger charge is 1.89. The van der Waals surface area contributed by atoms with Crippen LogP contribution in [0.2, 0.25) is 0 Å². The average molecular weight is 180 g/mol. The summed E-state index contributed by atoms with van der Waals surface area (Å²) in [5.41, 5.74) is 2.62. The Balaban J connectivity index is 3.71. The highest BCUT2D eigenvalue weighted by atomic mass is 16.1. The maximum atomic E-state index is 10.1. The third-order valence-corrected chi connectivity index (χ3v) is 2.03. The van der Waals surface area contributed by atoms with Crippen LogP contribution in [-0.2, 0) is 4.79 Å². The number of carbonyl (C=O) groups excluding carboxylic acids is 1. The highest BCUT2D eigenvalue weighted by molar-refractivity contribution is 5.65. The van der Waals surface area contributed by atoms with Crippen molar-refractivity contribution in [3.8, 4) is 0 Å². The van der Waals surface area contributed by atoms with Crippen molar-refractivity contribution >= 4 is 6.29 Å². The summed E-state index contributed by atoms with van der Waals surface area (Å²) in [6, 6.07) is 0. The molecule has 0 fully saturated rings. The fourth-order valence-corrected chi connectivity index (χ4v) is 1.24. The Kier molecular flexibility index (Phi) is 7.27. The molecule has 0 aromatic carbocycles. The molecule has 0 spiro atoms. The number of allylic oxidation sites excluding steroid dienone is 4. The lowest BCUT2D eigenvalue weighted by atomic mass is 10.1. The number of hydrogen-bond acceptors (Lipinski definition) is 1. The van der Waals surface area contributed by atoms with Gasteiger partial charge in [0.15, 0.2) is 0 Å². The maximum Gasteiger partial charge on any atom is 0.142 e. The minimum absolute atomic E-state index is 0.859. The highest BCUT2D eigenvalue weighted by Crippen LogP contribution is 2.09. The third-order valence-electron chi connectivity index (χ3n) is 2.03. The Morgan fingerprint density at radius 3 is 2.38 bits per heavy atom. The van der Waals surface area contributed by atoms with Crippen LogP contribution in [0.25, 0.3) is 0 Å². The summed E-state index contributed by atoms with van der Waals surface area (Å²) in [6.07, 6.45) is 9.23. The van der Waals surface area contributed by atoms with Gasteiger partial charge < -0.3 is 0 Å². The van der Waals surface area contributed by atoms with Crippen LogP contribution < -0.4 is 0 Å². The Morgan fingerprint density at radius 2 is 1.85 bits per heavy atom. The summed E-state index contributed by atoms with van der Waals surface area (Å²) in [5.74, 6) is 0. The molecule has 0 aliphatic rings. The van der Waals surface area contributed by atoms with Gasteiger partial charge in [0.05, 0.1) is 0 Å². The molecule has 0 aliphatic carbocycles. The molecule has 1 heteroatoms. The van der Waals surface area contributed by atoms with Crippen molar-refractivity contribution in [2.24, 2.45) is 0 Å². The molecule has 0 saturated carbocycles. The average Bonchev–Trinajstić information content (AvgIpc) is 2.05. The molecule has 0 aliphatic heterocycles. The van der Waals surface area contributed by atoms with E-state index in [4.69, 9.17) is 0 Å². The van der Waals surface area contributed by atoms with Crippen LogP contribution in [0.5, 0.6) is 0 Å². The Bertz CT molecular complexity index is 199. The van der Waals surface area contributed by atoms with Crippen LogP contribution in [0.1, 0.15) is 46.5 Å². The Morgan fingerprint density at radius 1 is 1.15 bits per heavy atom. The van der Waals surface area contributed by atoms with Gasteiger partial charge >= 0.3 is 0 Å². The molecular formula is C12H20O. The third kappa shape index (κ3) is 7.51. The summed E-state index contributed by atoms with van der Waals surface area (Å²) in [4.78, 5) is 10.1. The zero-order valence-electron chi connectivity index (χ0n) is 8.97. The fraction of sp³-hybridized carbons (Fsp3) is 0.583. The summed E-state index contributed by atoms with van der Waals surface area (Å²) in [6.45, 7) is 6.36. The van der Waals surface area contributed by atoms with Gasteiger partial charge in [-0.3, -0.25) is 4.79 Å². The van der Waals surface area contributed by atoms with Gasteiger partial charge in [-0.1, -0.05) is 30.6 Å². The second-order valence-corrected chi connectivity index (χ2v) is 3.49. The lowest BCUT2D eigenvalue weighted by Crippen LogP contribution is -1.79. The summed E-state index contributed by atoms with van der Waals surface area (Å²) < 4.78 is 0. The van der Waals surface area contributed by atoms with E-state index in [0.717, 1.165) is 24.7 Å². The van der Waals surface area contributed by atoms with Crippen molar-refractivity contribution in [1.82, 2.24) is 0 Å². The molecule has 0 radical (unpaired) electrons. The smallest absolute Gasteiger partial charge is 0.142 e. The van der Waals surface area contributed by atoms with Gasteiger partial charge in [-0.2, -0.15) is 0 Å². The summed E-state index contributed by atoms with van der Waals surface area (Å²) >= 11 is 0. The molecule has 0 saturated heterocycles. The van der Waals surface area contributed by atoms with Crippen LogP contribution in [0.3, 0.4) is 0 Å². The first-order valence-corrected chi connectivity index (χ1v) is 4.97. The van der Waals surface area contributed by atoms with Crippen LogP contribution in [-0.4, -0.2) is 6.29 Å². The molecule has 0 amide bonds. The molecule has 74 valence electrons.